The molecule has 1 atom stereocenters. The first-order chi connectivity index (χ1) is 10.6. The average molecular weight is 293 g/mol. The van der Waals surface area contributed by atoms with E-state index in [0.29, 0.717) is 12.5 Å². The van der Waals surface area contributed by atoms with Gasteiger partial charge >= 0.3 is 5.97 Å². The molecule has 0 saturated carbocycles. The molecular formula is C19H19NO2. The van der Waals surface area contributed by atoms with Crippen molar-refractivity contribution in [1.82, 2.24) is 0 Å². The first-order valence-electron chi connectivity index (χ1n) is 7.46. The Balaban J connectivity index is 1.89. The van der Waals surface area contributed by atoms with Gasteiger partial charge in [0.05, 0.1) is 0 Å². The molecule has 0 bridgehead atoms. The van der Waals surface area contributed by atoms with Crippen LogP contribution >= 0.6 is 0 Å². The molecule has 22 heavy (non-hydrogen) atoms. The second-order valence-corrected chi connectivity index (χ2v) is 5.70. The van der Waals surface area contributed by atoms with Crippen LogP contribution in [0, 0.1) is 0 Å². The maximum atomic E-state index is 11.2. The summed E-state index contributed by atoms with van der Waals surface area (Å²) in [5, 5.41) is 9.20. The Morgan fingerprint density at radius 1 is 1.18 bits per heavy atom. The smallest absolute Gasteiger partial charge is 0.323 e. The van der Waals surface area contributed by atoms with Gasteiger partial charge in [0.25, 0.3) is 0 Å². The molecule has 0 spiro atoms. The standard InChI is InChI=1S/C19H19NO2/c1-14-7-8-16-11-17(9-10-18(14)16)20(13-19(21)22)12-15-5-3-2-4-6-15/h2-11,14H,12-13H2,1H3,(H,21,22). The summed E-state index contributed by atoms with van der Waals surface area (Å²) >= 11 is 0. The molecule has 0 amide bonds. The monoisotopic (exact) mass is 293 g/mol. The number of hydrogen-bond acceptors (Lipinski definition) is 2. The zero-order chi connectivity index (χ0) is 15.5. The molecule has 3 nitrogen and oxygen atoms in total. The van der Waals surface area contributed by atoms with E-state index in [9.17, 15) is 9.90 Å². The van der Waals surface area contributed by atoms with Gasteiger partial charge < -0.3 is 10.0 Å². The van der Waals surface area contributed by atoms with Gasteiger partial charge in [0.2, 0.25) is 0 Å². The number of anilines is 1. The Morgan fingerprint density at radius 3 is 2.68 bits per heavy atom. The van der Waals surface area contributed by atoms with E-state index < -0.39 is 5.97 Å². The number of aliphatic carboxylic acids is 1. The van der Waals surface area contributed by atoms with Gasteiger partial charge in [-0.25, -0.2) is 0 Å². The van der Waals surface area contributed by atoms with E-state index in [1.54, 1.807) is 0 Å². The molecule has 0 aliphatic heterocycles. The van der Waals surface area contributed by atoms with Gasteiger partial charge in [0, 0.05) is 12.2 Å². The molecular weight excluding hydrogens is 274 g/mol. The molecule has 2 aromatic rings. The Kier molecular flexibility index (Phi) is 3.96. The number of nitrogens with zero attached hydrogens (tertiary/aromatic N) is 1. The van der Waals surface area contributed by atoms with Crippen molar-refractivity contribution in [3.8, 4) is 0 Å². The number of carbonyl (C=O) groups is 1. The lowest BCUT2D eigenvalue weighted by atomic mass is 10.0. The second-order valence-electron chi connectivity index (χ2n) is 5.70. The van der Waals surface area contributed by atoms with Gasteiger partial charge in [0.1, 0.15) is 6.54 Å². The van der Waals surface area contributed by atoms with E-state index in [1.807, 2.05) is 41.3 Å². The molecule has 0 heterocycles. The molecule has 0 saturated heterocycles. The maximum Gasteiger partial charge on any atom is 0.323 e. The summed E-state index contributed by atoms with van der Waals surface area (Å²) in [6, 6.07) is 16.2. The number of hydrogen-bond donors (Lipinski definition) is 1. The van der Waals surface area contributed by atoms with Crippen LogP contribution in [0.4, 0.5) is 5.69 Å². The van der Waals surface area contributed by atoms with E-state index in [4.69, 9.17) is 0 Å². The van der Waals surface area contributed by atoms with E-state index in [2.05, 4.69) is 31.2 Å². The van der Waals surface area contributed by atoms with Crippen LogP contribution in [0.15, 0.2) is 54.6 Å². The predicted molar refractivity (Wildman–Crippen MR) is 89.0 cm³/mol. The molecule has 0 aromatic heterocycles. The highest BCUT2D eigenvalue weighted by atomic mass is 16.4. The fraction of sp³-hybridized carbons (Fsp3) is 0.211. The average Bonchev–Trinajstić information content (AvgIpc) is 2.88. The highest BCUT2D eigenvalue weighted by Crippen LogP contribution is 2.32. The predicted octanol–water partition coefficient (Wildman–Crippen LogP) is 3.91. The van der Waals surface area contributed by atoms with Crippen LogP contribution in [0.1, 0.15) is 29.5 Å². The Morgan fingerprint density at radius 2 is 1.95 bits per heavy atom. The van der Waals surface area contributed by atoms with Gasteiger partial charge in [-0.1, -0.05) is 55.5 Å². The van der Waals surface area contributed by atoms with Gasteiger partial charge in [0.15, 0.2) is 0 Å². The van der Waals surface area contributed by atoms with Crippen LogP contribution in [-0.4, -0.2) is 17.6 Å². The summed E-state index contributed by atoms with van der Waals surface area (Å²) in [5.41, 5.74) is 4.55. The van der Waals surface area contributed by atoms with Crippen molar-refractivity contribution in [2.24, 2.45) is 0 Å². The van der Waals surface area contributed by atoms with Crippen LogP contribution in [-0.2, 0) is 11.3 Å². The molecule has 1 aliphatic rings. The third kappa shape index (κ3) is 3.03. The highest BCUT2D eigenvalue weighted by Gasteiger charge is 2.16. The van der Waals surface area contributed by atoms with E-state index in [-0.39, 0.29) is 6.54 Å². The van der Waals surface area contributed by atoms with Crippen molar-refractivity contribution in [2.75, 3.05) is 11.4 Å². The van der Waals surface area contributed by atoms with Crippen LogP contribution in [0.3, 0.4) is 0 Å². The second kappa shape index (κ2) is 6.06. The zero-order valence-electron chi connectivity index (χ0n) is 12.6. The molecule has 112 valence electrons. The van der Waals surface area contributed by atoms with Crippen LogP contribution < -0.4 is 4.90 Å². The summed E-state index contributed by atoms with van der Waals surface area (Å²) in [5.74, 6) is -0.383. The zero-order valence-corrected chi connectivity index (χ0v) is 12.6. The topological polar surface area (TPSA) is 40.5 Å². The fourth-order valence-electron chi connectivity index (χ4n) is 2.88. The molecule has 3 heteroatoms. The van der Waals surface area contributed by atoms with Crippen LogP contribution in [0.25, 0.3) is 6.08 Å². The van der Waals surface area contributed by atoms with Gasteiger partial charge in [-0.15, -0.1) is 0 Å². The number of fused-ring (bicyclic) bond motifs is 1. The number of benzene rings is 2. The van der Waals surface area contributed by atoms with E-state index in [1.165, 1.54) is 11.1 Å². The summed E-state index contributed by atoms with van der Waals surface area (Å²) in [7, 11) is 0. The number of allylic oxidation sites excluding steroid dienone is 1. The first-order valence-corrected chi connectivity index (χ1v) is 7.46. The SMILES string of the molecule is CC1C=Cc2cc(N(CC(=O)O)Cc3ccccc3)ccc21. The molecule has 3 rings (SSSR count). The maximum absolute atomic E-state index is 11.2. The molecule has 0 radical (unpaired) electrons. The molecule has 1 N–H and O–H groups in total. The normalized spacial score (nSPS) is 15.6. The van der Waals surface area contributed by atoms with Crippen molar-refractivity contribution in [1.29, 1.82) is 0 Å². The largest absolute Gasteiger partial charge is 0.480 e. The number of rotatable bonds is 5. The minimum Gasteiger partial charge on any atom is -0.480 e. The Labute approximate surface area is 130 Å². The number of carboxylic acid groups (broad SMARTS) is 1. The Bertz CT molecular complexity index is 707. The third-order valence-electron chi connectivity index (χ3n) is 4.03. The number of carboxylic acids is 1. The van der Waals surface area contributed by atoms with Crippen molar-refractivity contribution in [3.63, 3.8) is 0 Å². The van der Waals surface area contributed by atoms with Crippen molar-refractivity contribution < 1.29 is 9.90 Å². The summed E-state index contributed by atoms with van der Waals surface area (Å²) in [6.07, 6.45) is 4.29. The molecule has 0 fully saturated rings. The van der Waals surface area contributed by atoms with E-state index >= 15 is 0 Å². The molecule has 1 unspecified atom stereocenters. The highest BCUT2D eigenvalue weighted by molar-refractivity contribution is 5.75. The van der Waals surface area contributed by atoms with Gasteiger partial charge in [-0.05, 0) is 34.7 Å². The van der Waals surface area contributed by atoms with Crippen molar-refractivity contribution in [3.05, 3.63) is 71.3 Å². The third-order valence-corrected chi connectivity index (χ3v) is 4.03. The van der Waals surface area contributed by atoms with Crippen molar-refractivity contribution in [2.45, 2.75) is 19.4 Å². The quantitative estimate of drug-likeness (QED) is 0.908. The molecule has 2 aromatic carbocycles. The molecule has 1 aliphatic carbocycles. The Hall–Kier alpha value is -2.55. The lowest BCUT2D eigenvalue weighted by molar-refractivity contribution is -0.135. The minimum absolute atomic E-state index is 0.00700. The van der Waals surface area contributed by atoms with Crippen molar-refractivity contribution >= 4 is 17.7 Å². The first kappa shape index (κ1) is 14.4. The lowest BCUT2D eigenvalue weighted by Crippen LogP contribution is -2.29. The van der Waals surface area contributed by atoms with Gasteiger partial charge in [-0.2, -0.15) is 0 Å². The van der Waals surface area contributed by atoms with Crippen LogP contribution in [0.5, 0.6) is 0 Å². The van der Waals surface area contributed by atoms with Crippen LogP contribution in [0.2, 0.25) is 0 Å². The van der Waals surface area contributed by atoms with Gasteiger partial charge in [-0.3, -0.25) is 4.79 Å². The summed E-state index contributed by atoms with van der Waals surface area (Å²) in [4.78, 5) is 13.1. The lowest BCUT2D eigenvalue weighted by Gasteiger charge is -2.24. The van der Waals surface area contributed by atoms with E-state index in [0.717, 1.165) is 11.3 Å². The minimum atomic E-state index is -0.819. The fourth-order valence-corrected chi connectivity index (χ4v) is 2.88. The summed E-state index contributed by atoms with van der Waals surface area (Å²) in [6.45, 7) is 2.75. The summed E-state index contributed by atoms with van der Waals surface area (Å²) < 4.78 is 0.